The van der Waals surface area contributed by atoms with Gasteiger partial charge in [0, 0.05) is 0 Å². The number of unbranched alkanes of at least 4 members (excludes halogenated alkanes) is 1. The summed E-state index contributed by atoms with van der Waals surface area (Å²) in [6.45, 7) is 5.75. The number of carbonyl (C=O) groups excluding carboxylic acids is 2. The molecule has 2 N–H and O–H groups in total. The average molecular weight is 216 g/mol. The van der Waals surface area contributed by atoms with Crippen LogP contribution in [0, 0.1) is 0 Å². The van der Waals surface area contributed by atoms with E-state index < -0.39 is 12.2 Å². The lowest BCUT2D eigenvalue weighted by Gasteiger charge is -2.07. The molecule has 0 heterocycles. The van der Waals surface area contributed by atoms with E-state index in [1.54, 1.807) is 0 Å². The van der Waals surface area contributed by atoms with Gasteiger partial charge in [-0.1, -0.05) is 26.0 Å². The van der Waals surface area contributed by atoms with Gasteiger partial charge in [-0.05, 0) is 6.42 Å². The quantitative estimate of drug-likeness (QED) is 0.413. The highest BCUT2D eigenvalue weighted by Gasteiger charge is 2.04. The molecule has 0 saturated heterocycles. The second-order valence-corrected chi connectivity index (χ2v) is 2.63. The largest absolute Gasteiger partial charge is 0.448 e. The Kier molecular flexibility index (Phi) is 7.84. The van der Waals surface area contributed by atoms with Crippen LogP contribution in [0.15, 0.2) is 12.7 Å². The molecule has 0 saturated carbocycles. The number of ether oxygens (including phenoxy) is 2. The van der Waals surface area contributed by atoms with Gasteiger partial charge in [-0.25, -0.2) is 20.4 Å². The van der Waals surface area contributed by atoms with Gasteiger partial charge in [0.05, 0.1) is 6.61 Å². The molecule has 0 aromatic carbocycles. The molecule has 6 nitrogen and oxygen atoms in total. The third-order valence-electron chi connectivity index (χ3n) is 1.33. The van der Waals surface area contributed by atoms with Crippen molar-refractivity contribution in [2.75, 3.05) is 13.2 Å². The summed E-state index contributed by atoms with van der Waals surface area (Å²) >= 11 is 0. The Morgan fingerprint density at radius 3 is 2.40 bits per heavy atom. The lowest BCUT2D eigenvalue weighted by molar-refractivity contribution is 0.128. The molecule has 0 aromatic heterocycles. The van der Waals surface area contributed by atoms with Crippen molar-refractivity contribution in [1.82, 2.24) is 10.9 Å². The Morgan fingerprint density at radius 2 is 1.87 bits per heavy atom. The molecule has 15 heavy (non-hydrogen) atoms. The fourth-order valence-corrected chi connectivity index (χ4v) is 0.618. The summed E-state index contributed by atoms with van der Waals surface area (Å²) in [5, 5.41) is 0. The molecular formula is C9H16N2O4. The minimum absolute atomic E-state index is 0.0817. The van der Waals surface area contributed by atoms with Gasteiger partial charge in [-0.3, -0.25) is 0 Å². The van der Waals surface area contributed by atoms with E-state index in [4.69, 9.17) is 4.74 Å². The van der Waals surface area contributed by atoms with Gasteiger partial charge in [-0.2, -0.15) is 0 Å². The molecule has 0 atom stereocenters. The number of rotatable bonds is 5. The Labute approximate surface area is 88.6 Å². The van der Waals surface area contributed by atoms with Crippen LogP contribution in [0.4, 0.5) is 9.59 Å². The number of amides is 2. The third kappa shape index (κ3) is 8.61. The first kappa shape index (κ1) is 13.3. The SMILES string of the molecule is C=CCOC(=O)NNC(=O)OCCCC. The van der Waals surface area contributed by atoms with Gasteiger partial charge in [0.15, 0.2) is 0 Å². The fraction of sp³-hybridized carbons (Fsp3) is 0.556. The first-order valence-corrected chi connectivity index (χ1v) is 4.67. The zero-order valence-electron chi connectivity index (χ0n) is 8.75. The second-order valence-electron chi connectivity index (χ2n) is 2.63. The van der Waals surface area contributed by atoms with Crippen LogP contribution in [0.3, 0.4) is 0 Å². The second kappa shape index (κ2) is 8.86. The fourth-order valence-electron chi connectivity index (χ4n) is 0.618. The normalized spacial score (nSPS) is 8.87. The summed E-state index contributed by atoms with van der Waals surface area (Å²) in [5.41, 5.74) is 4.04. The first-order valence-electron chi connectivity index (χ1n) is 4.67. The van der Waals surface area contributed by atoms with Crippen LogP contribution in [0.1, 0.15) is 19.8 Å². The van der Waals surface area contributed by atoms with E-state index in [0.717, 1.165) is 12.8 Å². The molecule has 86 valence electrons. The molecular weight excluding hydrogens is 200 g/mol. The number of nitrogens with one attached hydrogen (secondary N) is 2. The molecule has 0 spiro atoms. The monoisotopic (exact) mass is 216 g/mol. The number of hydrogen-bond donors (Lipinski definition) is 2. The van der Waals surface area contributed by atoms with Crippen molar-refractivity contribution >= 4 is 12.2 Å². The Balaban J connectivity index is 3.44. The van der Waals surface area contributed by atoms with Crippen LogP contribution in [0.5, 0.6) is 0 Å². The molecule has 2 amide bonds. The predicted octanol–water partition coefficient (Wildman–Crippen LogP) is 1.34. The molecule has 0 aliphatic heterocycles. The summed E-state index contributed by atoms with van der Waals surface area (Å²) in [5.74, 6) is 0. The van der Waals surface area contributed by atoms with Crippen LogP contribution in [-0.2, 0) is 9.47 Å². The van der Waals surface area contributed by atoms with Crippen LogP contribution in [0.25, 0.3) is 0 Å². The molecule has 0 aliphatic carbocycles. The summed E-state index contributed by atoms with van der Waals surface area (Å²) in [6, 6.07) is 0. The Bertz CT molecular complexity index is 218. The van der Waals surface area contributed by atoms with Crippen molar-refractivity contribution in [3.05, 3.63) is 12.7 Å². The molecule has 0 aromatic rings. The Morgan fingerprint density at radius 1 is 1.27 bits per heavy atom. The van der Waals surface area contributed by atoms with Gasteiger partial charge in [0.2, 0.25) is 0 Å². The van der Waals surface area contributed by atoms with Crippen molar-refractivity contribution in [3.63, 3.8) is 0 Å². The minimum Gasteiger partial charge on any atom is -0.448 e. The lowest BCUT2D eigenvalue weighted by atomic mass is 10.4. The van der Waals surface area contributed by atoms with E-state index in [-0.39, 0.29) is 6.61 Å². The topological polar surface area (TPSA) is 76.7 Å². The highest BCUT2D eigenvalue weighted by atomic mass is 16.6. The van der Waals surface area contributed by atoms with Crippen molar-refractivity contribution in [1.29, 1.82) is 0 Å². The van der Waals surface area contributed by atoms with Gasteiger partial charge < -0.3 is 9.47 Å². The van der Waals surface area contributed by atoms with Gasteiger partial charge in [0.1, 0.15) is 6.61 Å². The zero-order valence-corrected chi connectivity index (χ0v) is 8.75. The van der Waals surface area contributed by atoms with Crippen molar-refractivity contribution in [3.8, 4) is 0 Å². The average Bonchev–Trinajstić information content (AvgIpc) is 2.24. The van der Waals surface area contributed by atoms with Crippen molar-refractivity contribution < 1.29 is 19.1 Å². The maximum atomic E-state index is 10.9. The summed E-state index contributed by atoms with van der Waals surface area (Å²) < 4.78 is 9.23. The van der Waals surface area contributed by atoms with Crippen molar-refractivity contribution in [2.45, 2.75) is 19.8 Å². The van der Waals surface area contributed by atoms with Gasteiger partial charge in [0.25, 0.3) is 0 Å². The molecule has 6 heteroatoms. The van der Waals surface area contributed by atoms with Crippen LogP contribution in [-0.4, -0.2) is 25.4 Å². The molecule has 0 bridgehead atoms. The lowest BCUT2D eigenvalue weighted by Crippen LogP contribution is -2.42. The maximum Gasteiger partial charge on any atom is 0.426 e. The van der Waals surface area contributed by atoms with E-state index in [2.05, 4.69) is 11.3 Å². The number of hydrazine groups is 1. The molecule has 0 fully saturated rings. The van der Waals surface area contributed by atoms with E-state index in [1.807, 2.05) is 17.8 Å². The van der Waals surface area contributed by atoms with Crippen LogP contribution >= 0.6 is 0 Å². The van der Waals surface area contributed by atoms with E-state index in [1.165, 1.54) is 6.08 Å². The minimum atomic E-state index is -0.762. The van der Waals surface area contributed by atoms with E-state index in [9.17, 15) is 9.59 Å². The smallest absolute Gasteiger partial charge is 0.426 e. The number of hydrogen-bond acceptors (Lipinski definition) is 4. The van der Waals surface area contributed by atoms with Crippen molar-refractivity contribution in [2.24, 2.45) is 0 Å². The molecule has 0 aliphatic rings. The van der Waals surface area contributed by atoms with Crippen LogP contribution < -0.4 is 10.9 Å². The number of carbonyl (C=O) groups is 2. The van der Waals surface area contributed by atoms with Crippen LogP contribution in [0.2, 0.25) is 0 Å². The third-order valence-corrected chi connectivity index (χ3v) is 1.33. The molecule has 0 radical (unpaired) electrons. The van der Waals surface area contributed by atoms with Gasteiger partial charge in [-0.15, -0.1) is 0 Å². The van der Waals surface area contributed by atoms with E-state index >= 15 is 0 Å². The molecule has 0 rings (SSSR count). The summed E-state index contributed by atoms with van der Waals surface area (Å²) in [7, 11) is 0. The first-order chi connectivity index (χ1) is 7.20. The predicted molar refractivity (Wildman–Crippen MR) is 54.1 cm³/mol. The van der Waals surface area contributed by atoms with E-state index in [0.29, 0.717) is 6.61 Å². The maximum absolute atomic E-state index is 10.9. The van der Waals surface area contributed by atoms with Gasteiger partial charge >= 0.3 is 12.2 Å². The highest BCUT2D eigenvalue weighted by molar-refractivity contribution is 5.73. The standard InChI is InChI=1S/C9H16N2O4/c1-3-5-7-15-9(13)11-10-8(12)14-6-4-2/h4H,2-3,5-7H2,1H3,(H,10,12)(H,11,13). The highest BCUT2D eigenvalue weighted by Crippen LogP contribution is 1.87. The summed E-state index contributed by atoms with van der Waals surface area (Å²) in [4.78, 5) is 21.7. The zero-order chi connectivity index (χ0) is 11.5. The Hall–Kier alpha value is -1.72. The molecule has 0 unspecified atom stereocenters. The summed E-state index contributed by atoms with van der Waals surface area (Å²) in [6.07, 6.45) is 1.66.